The summed E-state index contributed by atoms with van der Waals surface area (Å²) in [6, 6.07) is 0. The van der Waals surface area contributed by atoms with Crippen molar-refractivity contribution in [2.75, 3.05) is 19.8 Å². The summed E-state index contributed by atoms with van der Waals surface area (Å²) in [6.45, 7) is 4.11. The number of esters is 2. The maximum atomic E-state index is 11.8. The normalized spacial score (nSPS) is 17.5. The van der Waals surface area contributed by atoms with Crippen LogP contribution in [0.2, 0.25) is 0 Å². The van der Waals surface area contributed by atoms with E-state index in [4.69, 9.17) is 14.2 Å². The Morgan fingerprint density at radius 3 is 2.30 bits per heavy atom. The van der Waals surface area contributed by atoms with Gasteiger partial charge < -0.3 is 14.2 Å². The smallest absolute Gasteiger partial charge is 0.332 e. The summed E-state index contributed by atoms with van der Waals surface area (Å²) in [5.41, 5.74) is -0.284. The first-order valence-electron chi connectivity index (χ1n) is 7.57. The highest BCUT2D eigenvalue weighted by Gasteiger charge is 2.33. The second-order valence-corrected chi connectivity index (χ2v) is 5.20. The van der Waals surface area contributed by atoms with E-state index in [1.54, 1.807) is 6.92 Å². The summed E-state index contributed by atoms with van der Waals surface area (Å²) in [6.07, 6.45) is 6.56. The molecule has 1 fully saturated rings. The van der Waals surface area contributed by atoms with Crippen LogP contribution >= 0.6 is 0 Å². The third-order valence-corrected chi connectivity index (χ3v) is 3.74. The minimum Gasteiger partial charge on any atom is -0.463 e. The molecule has 1 aliphatic rings. The van der Waals surface area contributed by atoms with Crippen molar-refractivity contribution in [1.82, 2.24) is 0 Å². The number of carbonyl (C=O) groups is 2. The lowest BCUT2D eigenvalue weighted by atomic mass is 9.83. The van der Waals surface area contributed by atoms with Crippen molar-refractivity contribution >= 4 is 11.9 Å². The minimum absolute atomic E-state index is 0.0780. The predicted molar refractivity (Wildman–Crippen MR) is 74.3 cm³/mol. The second-order valence-electron chi connectivity index (χ2n) is 5.20. The zero-order valence-corrected chi connectivity index (χ0v) is 12.6. The molecule has 116 valence electrons. The number of rotatable bonds is 8. The van der Waals surface area contributed by atoms with Gasteiger partial charge in [0.1, 0.15) is 18.8 Å². The van der Waals surface area contributed by atoms with E-state index in [-0.39, 0.29) is 37.4 Å². The van der Waals surface area contributed by atoms with Gasteiger partial charge in [-0.1, -0.05) is 20.3 Å². The van der Waals surface area contributed by atoms with E-state index in [1.165, 1.54) is 6.42 Å². The minimum atomic E-state index is -0.324. The standard InChI is InChI=1S/C15H26O5/c1-3-13(16)19-11-10-18-12-14(17)20-15(4-2)8-6-5-7-9-15/h3-12H2,1-2H3. The van der Waals surface area contributed by atoms with E-state index in [0.29, 0.717) is 6.42 Å². The van der Waals surface area contributed by atoms with Gasteiger partial charge in [0.2, 0.25) is 0 Å². The monoisotopic (exact) mass is 286 g/mol. The molecule has 0 atom stereocenters. The number of carbonyl (C=O) groups excluding carboxylic acids is 2. The second kappa shape index (κ2) is 8.95. The van der Waals surface area contributed by atoms with Gasteiger partial charge in [-0.15, -0.1) is 0 Å². The molecule has 1 aliphatic carbocycles. The van der Waals surface area contributed by atoms with Crippen molar-refractivity contribution in [2.45, 2.75) is 64.4 Å². The van der Waals surface area contributed by atoms with Crippen molar-refractivity contribution in [1.29, 1.82) is 0 Å². The molecule has 0 unspecified atom stereocenters. The summed E-state index contributed by atoms with van der Waals surface area (Å²) in [7, 11) is 0. The molecule has 0 aromatic heterocycles. The Hall–Kier alpha value is -1.10. The van der Waals surface area contributed by atoms with Crippen LogP contribution in [0.25, 0.3) is 0 Å². The van der Waals surface area contributed by atoms with Gasteiger partial charge in [-0.2, -0.15) is 0 Å². The van der Waals surface area contributed by atoms with Crippen LogP contribution in [0.5, 0.6) is 0 Å². The van der Waals surface area contributed by atoms with Crippen LogP contribution in [0, 0.1) is 0 Å². The van der Waals surface area contributed by atoms with Gasteiger partial charge in [0.05, 0.1) is 6.61 Å². The lowest BCUT2D eigenvalue weighted by Gasteiger charge is -2.35. The third-order valence-electron chi connectivity index (χ3n) is 3.74. The molecular weight excluding hydrogens is 260 g/mol. The maximum absolute atomic E-state index is 11.8. The maximum Gasteiger partial charge on any atom is 0.332 e. The summed E-state index contributed by atoms with van der Waals surface area (Å²) < 4.78 is 15.6. The Bertz CT molecular complexity index is 307. The van der Waals surface area contributed by atoms with E-state index in [1.807, 2.05) is 0 Å². The van der Waals surface area contributed by atoms with Gasteiger partial charge in [-0.25, -0.2) is 4.79 Å². The van der Waals surface area contributed by atoms with Crippen LogP contribution in [0.15, 0.2) is 0 Å². The van der Waals surface area contributed by atoms with Gasteiger partial charge in [0, 0.05) is 6.42 Å². The van der Waals surface area contributed by atoms with Crippen LogP contribution in [-0.2, 0) is 23.8 Å². The van der Waals surface area contributed by atoms with Crippen LogP contribution in [-0.4, -0.2) is 37.4 Å². The van der Waals surface area contributed by atoms with Crippen LogP contribution in [0.4, 0.5) is 0 Å². The van der Waals surface area contributed by atoms with Crippen molar-refractivity contribution in [3.05, 3.63) is 0 Å². The zero-order valence-electron chi connectivity index (χ0n) is 12.6. The number of hydrogen-bond acceptors (Lipinski definition) is 5. The Balaban J connectivity index is 2.17. The molecule has 20 heavy (non-hydrogen) atoms. The van der Waals surface area contributed by atoms with E-state index in [9.17, 15) is 9.59 Å². The molecule has 1 saturated carbocycles. The van der Waals surface area contributed by atoms with Gasteiger partial charge in [-0.3, -0.25) is 4.79 Å². The molecule has 0 bridgehead atoms. The summed E-state index contributed by atoms with van der Waals surface area (Å²) in [4.78, 5) is 22.7. The van der Waals surface area contributed by atoms with Crippen LogP contribution in [0.1, 0.15) is 58.8 Å². The fraction of sp³-hybridized carbons (Fsp3) is 0.867. The Morgan fingerprint density at radius 2 is 1.70 bits per heavy atom. The fourth-order valence-corrected chi connectivity index (χ4v) is 2.47. The van der Waals surface area contributed by atoms with Crippen molar-refractivity contribution < 1.29 is 23.8 Å². The van der Waals surface area contributed by atoms with Gasteiger partial charge >= 0.3 is 11.9 Å². The average molecular weight is 286 g/mol. The number of ether oxygens (including phenoxy) is 3. The molecule has 0 aromatic carbocycles. The van der Waals surface area contributed by atoms with E-state index in [0.717, 1.165) is 32.1 Å². The van der Waals surface area contributed by atoms with Crippen molar-refractivity contribution in [2.24, 2.45) is 0 Å². The molecule has 0 radical (unpaired) electrons. The largest absolute Gasteiger partial charge is 0.463 e. The molecule has 0 aliphatic heterocycles. The van der Waals surface area contributed by atoms with Gasteiger partial charge in [0.25, 0.3) is 0 Å². The molecule has 0 heterocycles. The Kier molecular flexibility index (Phi) is 7.59. The topological polar surface area (TPSA) is 61.8 Å². The van der Waals surface area contributed by atoms with E-state index >= 15 is 0 Å². The molecular formula is C15H26O5. The number of hydrogen-bond donors (Lipinski definition) is 0. The van der Waals surface area contributed by atoms with Gasteiger partial charge in [0.15, 0.2) is 0 Å². The highest BCUT2D eigenvalue weighted by atomic mass is 16.6. The van der Waals surface area contributed by atoms with Crippen molar-refractivity contribution in [3.63, 3.8) is 0 Å². The highest BCUT2D eigenvalue weighted by Crippen LogP contribution is 2.34. The molecule has 0 amide bonds. The molecule has 0 aromatic rings. The average Bonchev–Trinajstić information content (AvgIpc) is 2.47. The lowest BCUT2D eigenvalue weighted by Crippen LogP contribution is -2.37. The SMILES string of the molecule is CCC(=O)OCCOCC(=O)OC1(CC)CCCCC1. The summed E-state index contributed by atoms with van der Waals surface area (Å²) in [5.74, 6) is -0.584. The van der Waals surface area contributed by atoms with Crippen LogP contribution in [0.3, 0.4) is 0 Å². The predicted octanol–water partition coefficient (Wildman–Crippen LogP) is 2.61. The first-order chi connectivity index (χ1) is 9.62. The Labute approximate surface area is 121 Å². The van der Waals surface area contributed by atoms with Crippen LogP contribution < -0.4 is 0 Å². The summed E-state index contributed by atoms with van der Waals surface area (Å²) >= 11 is 0. The van der Waals surface area contributed by atoms with E-state index < -0.39 is 0 Å². The first kappa shape index (κ1) is 17.0. The molecule has 5 heteroatoms. The first-order valence-corrected chi connectivity index (χ1v) is 7.57. The summed E-state index contributed by atoms with van der Waals surface area (Å²) in [5, 5.41) is 0. The van der Waals surface area contributed by atoms with Crippen molar-refractivity contribution in [3.8, 4) is 0 Å². The molecule has 0 N–H and O–H groups in total. The Morgan fingerprint density at radius 1 is 1.00 bits per heavy atom. The molecule has 0 spiro atoms. The fourth-order valence-electron chi connectivity index (χ4n) is 2.47. The molecule has 0 saturated heterocycles. The quantitative estimate of drug-likeness (QED) is 0.507. The molecule has 1 rings (SSSR count). The highest BCUT2D eigenvalue weighted by molar-refractivity contribution is 5.71. The zero-order chi connectivity index (χ0) is 14.8. The van der Waals surface area contributed by atoms with Gasteiger partial charge in [-0.05, 0) is 32.1 Å². The molecule has 5 nitrogen and oxygen atoms in total. The van der Waals surface area contributed by atoms with E-state index in [2.05, 4.69) is 6.92 Å². The lowest BCUT2D eigenvalue weighted by molar-refractivity contribution is -0.169. The third kappa shape index (κ3) is 5.90.